The number of aliphatic hydroxyl groups is 1. The molecule has 0 aliphatic carbocycles. The number of rotatable bonds is 6. The number of benzene rings is 1. The Morgan fingerprint density at radius 1 is 1.50 bits per heavy atom. The second-order valence-electron chi connectivity index (χ2n) is 3.68. The minimum atomic E-state index is 0.176. The van der Waals surface area contributed by atoms with Gasteiger partial charge in [0.05, 0.1) is 18.5 Å². The van der Waals surface area contributed by atoms with E-state index in [-0.39, 0.29) is 12.6 Å². The number of ether oxygens (including phenoxy) is 1. The minimum absolute atomic E-state index is 0.176. The quantitative estimate of drug-likeness (QED) is 0.645. The summed E-state index contributed by atoms with van der Waals surface area (Å²) in [6, 6.07) is 5.87. The molecule has 0 aliphatic heterocycles. The van der Waals surface area contributed by atoms with Crippen LogP contribution in [0.25, 0.3) is 0 Å². The van der Waals surface area contributed by atoms with Crippen LogP contribution >= 0.6 is 0 Å². The predicted molar refractivity (Wildman–Crippen MR) is 66.8 cm³/mol. The van der Waals surface area contributed by atoms with Crippen LogP contribution in [0, 0.1) is 0 Å². The monoisotopic (exact) mass is 224 g/mol. The van der Waals surface area contributed by atoms with Crippen molar-refractivity contribution in [1.82, 2.24) is 0 Å². The van der Waals surface area contributed by atoms with Gasteiger partial charge in [0.1, 0.15) is 5.75 Å². The van der Waals surface area contributed by atoms with Crippen LogP contribution in [0.15, 0.2) is 18.2 Å². The molecule has 4 heteroatoms. The molecule has 0 bridgehead atoms. The van der Waals surface area contributed by atoms with Gasteiger partial charge in [0.2, 0.25) is 0 Å². The van der Waals surface area contributed by atoms with Gasteiger partial charge in [0.15, 0.2) is 0 Å². The smallest absolute Gasteiger partial charge is 0.143 e. The molecule has 1 aromatic rings. The molecule has 1 aromatic carbocycles. The summed E-state index contributed by atoms with van der Waals surface area (Å²) in [7, 11) is 1.60. The summed E-state index contributed by atoms with van der Waals surface area (Å²) in [4.78, 5) is 0. The normalized spacial score (nSPS) is 12.2. The van der Waals surface area contributed by atoms with Gasteiger partial charge in [-0.2, -0.15) is 0 Å². The SMILES string of the molecule is CCC(CCO)Nc1cccc(OC)c1N. The Balaban J connectivity index is 2.79. The van der Waals surface area contributed by atoms with Crippen molar-refractivity contribution in [2.24, 2.45) is 0 Å². The molecule has 0 saturated heterocycles. The average Bonchev–Trinajstić information content (AvgIpc) is 2.31. The molecule has 0 aromatic heterocycles. The third-order valence-electron chi connectivity index (χ3n) is 2.62. The summed E-state index contributed by atoms with van der Waals surface area (Å²) >= 11 is 0. The third-order valence-corrected chi connectivity index (χ3v) is 2.62. The van der Waals surface area contributed by atoms with Gasteiger partial charge in [-0.1, -0.05) is 13.0 Å². The summed E-state index contributed by atoms with van der Waals surface area (Å²) < 4.78 is 5.15. The van der Waals surface area contributed by atoms with Crippen molar-refractivity contribution in [3.8, 4) is 5.75 Å². The van der Waals surface area contributed by atoms with Gasteiger partial charge < -0.3 is 20.9 Å². The van der Waals surface area contributed by atoms with Crippen LogP contribution in [0.3, 0.4) is 0 Å². The molecule has 0 fully saturated rings. The first-order chi connectivity index (χ1) is 7.72. The molecule has 0 saturated carbocycles. The Hall–Kier alpha value is -1.42. The van der Waals surface area contributed by atoms with E-state index in [0.717, 1.165) is 12.1 Å². The topological polar surface area (TPSA) is 67.5 Å². The lowest BCUT2D eigenvalue weighted by Crippen LogP contribution is -2.20. The van der Waals surface area contributed by atoms with Crippen LogP contribution in [0.4, 0.5) is 11.4 Å². The molecule has 16 heavy (non-hydrogen) atoms. The number of nitrogens with one attached hydrogen (secondary N) is 1. The molecule has 4 nitrogen and oxygen atoms in total. The zero-order valence-corrected chi connectivity index (χ0v) is 9.86. The van der Waals surface area contributed by atoms with E-state index in [1.54, 1.807) is 7.11 Å². The maximum absolute atomic E-state index is 8.92. The van der Waals surface area contributed by atoms with Crippen molar-refractivity contribution < 1.29 is 9.84 Å². The zero-order valence-electron chi connectivity index (χ0n) is 9.86. The van der Waals surface area contributed by atoms with E-state index >= 15 is 0 Å². The molecular formula is C12H20N2O2. The summed E-state index contributed by atoms with van der Waals surface area (Å²) in [6.45, 7) is 2.25. The van der Waals surface area contributed by atoms with E-state index in [1.807, 2.05) is 18.2 Å². The molecule has 0 amide bonds. The highest BCUT2D eigenvalue weighted by Gasteiger charge is 2.09. The number of anilines is 2. The fourth-order valence-electron chi connectivity index (χ4n) is 1.60. The van der Waals surface area contributed by atoms with Crippen molar-refractivity contribution >= 4 is 11.4 Å². The molecule has 0 heterocycles. The fraction of sp³-hybridized carbons (Fsp3) is 0.500. The van der Waals surface area contributed by atoms with Crippen LogP contribution in [0.1, 0.15) is 19.8 Å². The van der Waals surface area contributed by atoms with Gasteiger partial charge in [-0.25, -0.2) is 0 Å². The molecule has 0 radical (unpaired) electrons. The van der Waals surface area contributed by atoms with E-state index < -0.39 is 0 Å². The molecule has 1 atom stereocenters. The lowest BCUT2D eigenvalue weighted by atomic mass is 10.1. The Labute approximate surface area is 96.4 Å². The number of aliphatic hydroxyl groups excluding tert-OH is 1. The molecule has 1 unspecified atom stereocenters. The first-order valence-electron chi connectivity index (χ1n) is 5.52. The van der Waals surface area contributed by atoms with Crippen molar-refractivity contribution in [2.45, 2.75) is 25.8 Å². The first kappa shape index (κ1) is 12.6. The van der Waals surface area contributed by atoms with Gasteiger partial charge >= 0.3 is 0 Å². The van der Waals surface area contributed by atoms with E-state index in [2.05, 4.69) is 12.2 Å². The zero-order chi connectivity index (χ0) is 12.0. The summed E-state index contributed by atoms with van der Waals surface area (Å²) in [5, 5.41) is 12.2. The summed E-state index contributed by atoms with van der Waals surface area (Å²) in [5.41, 5.74) is 7.42. The Kier molecular flexibility index (Phi) is 4.92. The molecule has 0 aliphatic rings. The largest absolute Gasteiger partial charge is 0.495 e. The van der Waals surface area contributed by atoms with E-state index in [0.29, 0.717) is 17.9 Å². The van der Waals surface area contributed by atoms with Crippen molar-refractivity contribution in [3.05, 3.63) is 18.2 Å². The summed E-state index contributed by atoms with van der Waals surface area (Å²) in [6.07, 6.45) is 1.66. The molecule has 0 spiro atoms. The molecule has 1 rings (SSSR count). The van der Waals surface area contributed by atoms with Crippen LogP contribution < -0.4 is 15.8 Å². The van der Waals surface area contributed by atoms with Gasteiger partial charge in [-0.05, 0) is 25.0 Å². The van der Waals surface area contributed by atoms with Crippen molar-refractivity contribution in [3.63, 3.8) is 0 Å². The lowest BCUT2D eigenvalue weighted by Gasteiger charge is -2.19. The number of nitrogen functional groups attached to an aromatic ring is 1. The fourth-order valence-corrected chi connectivity index (χ4v) is 1.60. The average molecular weight is 224 g/mol. The predicted octanol–water partition coefficient (Wildman–Crippen LogP) is 1.85. The highest BCUT2D eigenvalue weighted by Crippen LogP contribution is 2.29. The van der Waals surface area contributed by atoms with Crippen LogP contribution in [-0.2, 0) is 0 Å². The third kappa shape index (κ3) is 3.03. The Bertz CT molecular complexity index is 329. The molecule has 90 valence electrons. The number of para-hydroxylation sites is 1. The first-order valence-corrected chi connectivity index (χ1v) is 5.52. The maximum atomic E-state index is 8.92. The lowest BCUT2D eigenvalue weighted by molar-refractivity contribution is 0.278. The van der Waals surface area contributed by atoms with Gasteiger partial charge in [-0.15, -0.1) is 0 Å². The Morgan fingerprint density at radius 3 is 2.81 bits per heavy atom. The Morgan fingerprint density at radius 2 is 2.25 bits per heavy atom. The van der Waals surface area contributed by atoms with Gasteiger partial charge in [0.25, 0.3) is 0 Å². The van der Waals surface area contributed by atoms with Crippen molar-refractivity contribution in [2.75, 3.05) is 24.8 Å². The number of nitrogens with two attached hydrogens (primary N) is 1. The maximum Gasteiger partial charge on any atom is 0.143 e. The van der Waals surface area contributed by atoms with E-state index in [9.17, 15) is 0 Å². The number of methoxy groups -OCH3 is 1. The number of hydrogen-bond acceptors (Lipinski definition) is 4. The highest BCUT2D eigenvalue weighted by atomic mass is 16.5. The highest BCUT2D eigenvalue weighted by molar-refractivity contribution is 5.73. The minimum Gasteiger partial charge on any atom is -0.495 e. The van der Waals surface area contributed by atoms with E-state index in [1.165, 1.54) is 0 Å². The van der Waals surface area contributed by atoms with Gasteiger partial charge in [-0.3, -0.25) is 0 Å². The molecule has 4 N–H and O–H groups in total. The second-order valence-corrected chi connectivity index (χ2v) is 3.68. The number of hydrogen-bond donors (Lipinski definition) is 3. The standard InChI is InChI=1S/C12H20N2O2/c1-3-9(7-8-15)14-10-5-4-6-11(16-2)12(10)13/h4-6,9,14-15H,3,7-8,13H2,1-2H3. The van der Waals surface area contributed by atoms with E-state index in [4.69, 9.17) is 15.6 Å². The van der Waals surface area contributed by atoms with Crippen LogP contribution in [0.2, 0.25) is 0 Å². The van der Waals surface area contributed by atoms with Gasteiger partial charge in [0, 0.05) is 12.6 Å². The van der Waals surface area contributed by atoms with Crippen LogP contribution in [0.5, 0.6) is 5.75 Å². The molecular weight excluding hydrogens is 204 g/mol. The van der Waals surface area contributed by atoms with Crippen LogP contribution in [-0.4, -0.2) is 24.9 Å². The second kappa shape index (κ2) is 6.23. The summed E-state index contributed by atoms with van der Waals surface area (Å²) in [5.74, 6) is 0.670. The van der Waals surface area contributed by atoms with Crippen molar-refractivity contribution in [1.29, 1.82) is 0 Å².